The first-order chi connectivity index (χ1) is 8.90. The lowest BCUT2D eigenvalue weighted by Crippen LogP contribution is -2.04. The van der Waals surface area contributed by atoms with Gasteiger partial charge in [0, 0.05) is 0 Å². The number of nitrogens with two attached hydrogens (primary N) is 2. The molecule has 0 aliphatic heterocycles. The third-order valence-corrected chi connectivity index (χ3v) is 3.03. The quantitative estimate of drug-likeness (QED) is 0.734. The highest BCUT2D eigenvalue weighted by atomic mass is 35.5. The second-order valence-electron chi connectivity index (χ2n) is 4.17. The highest BCUT2D eigenvalue weighted by Crippen LogP contribution is 2.35. The summed E-state index contributed by atoms with van der Waals surface area (Å²) in [5.41, 5.74) is 12.1. The lowest BCUT2D eigenvalue weighted by molar-refractivity contribution is 0.626. The molecular formula is C13H12ClF2N3. The van der Waals surface area contributed by atoms with Gasteiger partial charge in [-0.1, -0.05) is 17.7 Å². The predicted octanol–water partition coefficient (Wildman–Crippen LogP) is 3.83. The molecule has 0 fully saturated rings. The number of nitrogens with one attached hydrogen (secondary N) is 1. The van der Waals surface area contributed by atoms with Crippen molar-refractivity contribution in [3.8, 4) is 0 Å². The first kappa shape index (κ1) is 13.4. The van der Waals surface area contributed by atoms with Crippen molar-refractivity contribution in [2.75, 3.05) is 16.8 Å². The molecule has 5 N–H and O–H groups in total. The smallest absolute Gasteiger partial charge is 0.169 e. The third-order valence-electron chi connectivity index (χ3n) is 2.65. The van der Waals surface area contributed by atoms with Gasteiger partial charge in [-0.3, -0.25) is 0 Å². The third kappa shape index (κ3) is 2.56. The van der Waals surface area contributed by atoms with Crippen LogP contribution < -0.4 is 16.8 Å². The second-order valence-corrected chi connectivity index (χ2v) is 4.54. The molecule has 0 bridgehead atoms. The Labute approximate surface area is 114 Å². The molecule has 0 saturated heterocycles. The Balaban J connectivity index is 2.49. The summed E-state index contributed by atoms with van der Waals surface area (Å²) in [6.07, 6.45) is 0. The van der Waals surface area contributed by atoms with Crippen molar-refractivity contribution >= 4 is 34.4 Å². The number of hydrogen-bond acceptors (Lipinski definition) is 3. The van der Waals surface area contributed by atoms with Crippen LogP contribution >= 0.6 is 11.6 Å². The lowest BCUT2D eigenvalue weighted by Gasteiger charge is -2.14. The maximum atomic E-state index is 14.0. The standard InChI is InChI=1S/C13H12ClF2N3/c1-6-2-3-7(15)10(4-6)19-13-9(18)5-8(17)11(14)12(13)16/h2-5,19H,17-18H2,1H3. The van der Waals surface area contributed by atoms with Gasteiger partial charge in [0.1, 0.15) is 10.8 Å². The van der Waals surface area contributed by atoms with Gasteiger partial charge < -0.3 is 16.8 Å². The Morgan fingerprint density at radius 3 is 2.47 bits per heavy atom. The second kappa shape index (κ2) is 4.93. The molecule has 3 nitrogen and oxygen atoms in total. The predicted molar refractivity (Wildman–Crippen MR) is 74.7 cm³/mol. The van der Waals surface area contributed by atoms with Crippen molar-refractivity contribution in [2.24, 2.45) is 0 Å². The average Bonchev–Trinajstić information content (AvgIpc) is 2.36. The molecule has 0 heterocycles. The van der Waals surface area contributed by atoms with Crippen LogP contribution in [0.4, 0.5) is 31.5 Å². The Hall–Kier alpha value is -2.01. The fourth-order valence-electron chi connectivity index (χ4n) is 1.66. The van der Waals surface area contributed by atoms with Crippen LogP contribution in [-0.4, -0.2) is 0 Å². The van der Waals surface area contributed by atoms with E-state index in [1.807, 2.05) is 0 Å². The van der Waals surface area contributed by atoms with Crippen molar-refractivity contribution in [3.05, 3.63) is 46.5 Å². The summed E-state index contributed by atoms with van der Waals surface area (Å²) in [4.78, 5) is 0. The molecule has 0 aliphatic rings. The van der Waals surface area contributed by atoms with E-state index in [2.05, 4.69) is 5.32 Å². The minimum absolute atomic E-state index is 0.0342. The fourth-order valence-corrected chi connectivity index (χ4v) is 1.81. The van der Waals surface area contributed by atoms with Crippen molar-refractivity contribution in [3.63, 3.8) is 0 Å². The molecule has 0 atom stereocenters. The van der Waals surface area contributed by atoms with Gasteiger partial charge in [0.2, 0.25) is 0 Å². The van der Waals surface area contributed by atoms with Crippen LogP contribution in [0.25, 0.3) is 0 Å². The van der Waals surface area contributed by atoms with Crippen molar-refractivity contribution in [2.45, 2.75) is 6.92 Å². The first-order valence-electron chi connectivity index (χ1n) is 5.46. The summed E-state index contributed by atoms with van der Waals surface area (Å²) in [7, 11) is 0. The van der Waals surface area contributed by atoms with Crippen LogP contribution in [0.5, 0.6) is 0 Å². The summed E-state index contributed by atoms with van der Waals surface area (Å²) in [5, 5.41) is 2.36. The van der Waals surface area contributed by atoms with E-state index in [1.54, 1.807) is 19.1 Å². The number of nitrogen functional groups attached to an aromatic ring is 2. The number of rotatable bonds is 2. The van der Waals surface area contributed by atoms with Crippen LogP contribution in [0.15, 0.2) is 24.3 Å². The normalized spacial score (nSPS) is 10.5. The number of hydrogen-bond donors (Lipinski definition) is 3. The molecule has 0 radical (unpaired) electrons. The van der Waals surface area contributed by atoms with E-state index in [1.165, 1.54) is 12.1 Å². The van der Waals surface area contributed by atoms with E-state index in [9.17, 15) is 8.78 Å². The van der Waals surface area contributed by atoms with Gasteiger partial charge in [-0.2, -0.15) is 0 Å². The van der Waals surface area contributed by atoms with Gasteiger partial charge in [0.05, 0.1) is 22.7 Å². The van der Waals surface area contributed by atoms with E-state index >= 15 is 0 Å². The van der Waals surface area contributed by atoms with Crippen molar-refractivity contribution < 1.29 is 8.78 Å². The highest BCUT2D eigenvalue weighted by Gasteiger charge is 2.15. The molecule has 0 aliphatic carbocycles. The topological polar surface area (TPSA) is 64.1 Å². The van der Waals surface area contributed by atoms with Crippen molar-refractivity contribution in [1.82, 2.24) is 0 Å². The molecule has 2 rings (SSSR count). The Morgan fingerprint density at radius 1 is 1.11 bits per heavy atom. The Morgan fingerprint density at radius 2 is 1.79 bits per heavy atom. The van der Waals surface area contributed by atoms with E-state index in [4.69, 9.17) is 23.1 Å². The molecule has 2 aromatic carbocycles. The molecule has 100 valence electrons. The zero-order valence-corrected chi connectivity index (χ0v) is 10.9. The molecule has 0 spiro atoms. The maximum absolute atomic E-state index is 14.0. The number of benzene rings is 2. The summed E-state index contributed by atoms with van der Waals surface area (Å²) in [6, 6.07) is 5.75. The van der Waals surface area contributed by atoms with Crippen LogP contribution in [0, 0.1) is 18.6 Å². The van der Waals surface area contributed by atoms with Gasteiger partial charge in [-0.15, -0.1) is 0 Å². The minimum Gasteiger partial charge on any atom is -0.397 e. The van der Waals surface area contributed by atoms with Crippen LogP contribution in [0.2, 0.25) is 5.02 Å². The maximum Gasteiger partial charge on any atom is 0.169 e. The molecule has 0 amide bonds. The van der Waals surface area contributed by atoms with Crippen molar-refractivity contribution in [1.29, 1.82) is 0 Å². The van der Waals surface area contributed by atoms with Gasteiger partial charge in [-0.05, 0) is 30.7 Å². The van der Waals surface area contributed by atoms with Gasteiger partial charge >= 0.3 is 0 Å². The van der Waals surface area contributed by atoms with E-state index < -0.39 is 11.6 Å². The van der Waals surface area contributed by atoms with Gasteiger partial charge in [-0.25, -0.2) is 8.78 Å². The largest absolute Gasteiger partial charge is 0.397 e. The molecule has 0 saturated carbocycles. The summed E-state index contributed by atoms with van der Waals surface area (Å²) in [5.74, 6) is -1.32. The Kier molecular flexibility index (Phi) is 3.48. The highest BCUT2D eigenvalue weighted by molar-refractivity contribution is 6.33. The van der Waals surface area contributed by atoms with E-state index in [-0.39, 0.29) is 27.8 Å². The average molecular weight is 284 g/mol. The van der Waals surface area contributed by atoms with Gasteiger partial charge in [0.15, 0.2) is 5.82 Å². The monoisotopic (exact) mass is 283 g/mol. The molecule has 0 unspecified atom stereocenters. The Bertz CT molecular complexity index is 644. The molecule has 2 aromatic rings. The zero-order chi connectivity index (χ0) is 14.2. The SMILES string of the molecule is Cc1ccc(F)c(Nc2c(N)cc(N)c(Cl)c2F)c1. The lowest BCUT2D eigenvalue weighted by atomic mass is 10.2. The van der Waals surface area contributed by atoms with Crippen LogP contribution in [0.3, 0.4) is 0 Å². The zero-order valence-electron chi connectivity index (χ0n) is 10.1. The minimum atomic E-state index is -0.805. The van der Waals surface area contributed by atoms with Crippen LogP contribution in [0.1, 0.15) is 5.56 Å². The molecule has 19 heavy (non-hydrogen) atoms. The molecule has 0 aromatic heterocycles. The molecule has 6 heteroatoms. The summed E-state index contributed by atoms with van der Waals surface area (Å²) in [6.45, 7) is 1.79. The van der Waals surface area contributed by atoms with Gasteiger partial charge in [0.25, 0.3) is 0 Å². The first-order valence-corrected chi connectivity index (χ1v) is 5.84. The van der Waals surface area contributed by atoms with E-state index in [0.717, 1.165) is 5.56 Å². The number of halogens is 3. The summed E-state index contributed by atoms with van der Waals surface area (Å²) < 4.78 is 27.6. The molecular weight excluding hydrogens is 272 g/mol. The van der Waals surface area contributed by atoms with Crippen LogP contribution in [-0.2, 0) is 0 Å². The number of anilines is 4. The summed E-state index contributed by atoms with van der Waals surface area (Å²) >= 11 is 5.70. The van der Waals surface area contributed by atoms with E-state index in [0.29, 0.717) is 0 Å². The fraction of sp³-hybridized carbons (Fsp3) is 0.0769. The number of aryl methyl sites for hydroxylation is 1.